The normalized spacial score (nSPS) is 12.2. The van der Waals surface area contributed by atoms with Crippen LogP contribution in [0, 0.1) is 0 Å². The summed E-state index contributed by atoms with van der Waals surface area (Å²) in [5.41, 5.74) is 2.30. The zero-order valence-corrected chi connectivity index (χ0v) is 12.3. The van der Waals surface area contributed by atoms with Gasteiger partial charge in [-0.1, -0.05) is 35.9 Å². The van der Waals surface area contributed by atoms with E-state index < -0.39 is 0 Å². The summed E-state index contributed by atoms with van der Waals surface area (Å²) in [6.07, 6.45) is 1.41. The van der Waals surface area contributed by atoms with Crippen LogP contribution in [-0.2, 0) is 13.0 Å². The van der Waals surface area contributed by atoms with Crippen molar-refractivity contribution in [1.82, 2.24) is 0 Å². The molecule has 1 atom stereocenters. The smallest absolute Gasteiger partial charge is 0.119 e. The highest BCUT2D eigenvalue weighted by Crippen LogP contribution is 2.16. The lowest BCUT2D eigenvalue weighted by Gasteiger charge is -2.08. The molecular formula is C17H19ClO2. The van der Waals surface area contributed by atoms with E-state index >= 15 is 0 Å². The molecule has 0 amide bonds. The summed E-state index contributed by atoms with van der Waals surface area (Å²) in [6, 6.07) is 15.7. The lowest BCUT2D eigenvalue weighted by Crippen LogP contribution is -2.01. The van der Waals surface area contributed by atoms with Crippen molar-refractivity contribution in [2.45, 2.75) is 32.5 Å². The molecule has 2 rings (SSSR count). The third-order valence-corrected chi connectivity index (χ3v) is 3.34. The van der Waals surface area contributed by atoms with Gasteiger partial charge in [0.05, 0.1) is 6.10 Å². The Kier molecular flexibility index (Phi) is 5.45. The van der Waals surface area contributed by atoms with Gasteiger partial charge in [-0.3, -0.25) is 0 Å². The third kappa shape index (κ3) is 4.87. The maximum Gasteiger partial charge on any atom is 0.119 e. The molecule has 0 fully saturated rings. The molecule has 0 bridgehead atoms. The fourth-order valence-corrected chi connectivity index (χ4v) is 2.00. The molecule has 0 aliphatic rings. The van der Waals surface area contributed by atoms with Gasteiger partial charge in [-0.05, 0) is 55.2 Å². The van der Waals surface area contributed by atoms with E-state index in [1.807, 2.05) is 55.5 Å². The van der Waals surface area contributed by atoms with Gasteiger partial charge < -0.3 is 9.84 Å². The lowest BCUT2D eigenvalue weighted by atomic mass is 10.1. The van der Waals surface area contributed by atoms with Gasteiger partial charge in [-0.15, -0.1) is 0 Å². The summed E-state index contributed by atoms with van der Waals surface area (Å²) in [7, 11) is 0. The van der Waals surface area contributed by atoms with Crippen molar-refractivity contribution < 1.29 is 9.84 Å². The Morgan fingerprint density at radius 1 is 1.00 bits per heavy atom. The standard InChI is InChI=1S/C17H19ClO2/c1-13(19)2-3-14-6-10-17(11-7-14)20-12-15-4-8-16(18)9-5-15/h4-11,13,19H,2-3,12H2,1H3. The van der Waals surface area contributed by atoms with Crippen LogP contribution in [0.2, 0.25) is 5.02 Å². The number of ether oxygens (including phenoxy) is 1. The first-order valence-corrected chi connectivity index (χ1v) is 7.15. The van der Waals surface area contributed by atoms with Gasteiger partial charge in [-0.2, -0.15) is 0 Å². The molecule has 20 heavy (non-hydrogen) atoms. The van der Waals surface area contributed by atoms with Crippen molar-refractivity contribution in [3.05, 3.63) is 64.7 Å². The van der Waals surface area contributed by atoms with Crippen LogP contribution in [0.1, 0.15) is 24.5 Å². The maximum absolute atomic E-state index is 9.26. The minimum Gasteiger partial charge on any atom is -0.489 e. The second-order valence-corrected chi connectivity index (χ2v) is 5.38. The van der Waals surface area contributed by atoms with Crippen molar-refractivity contribution in [2.24, 2.45) is 0 Å². The number of aryl methyl sites for hydroxylation is 1. The summed E-state index contributed by atoms with van der Waals surface area (Å²) in [5, 5.41) is 10.00. The first-order valence-electron chi connectivity index (χ1n) is 6.78. The van der Waals surface area contributed by atoms with Crippen LogP contribution in [0.25, 0.3) is 0 Å². The number of aliphatic hydroxyl groups excluding tert-OH is 1. The highest BCUT2D eigenvalue weighted by atomic mass is 35.5. The van der Waals surface area contributed by atoms with E-state index in [9.17, 15) is 5.11 Å². The second-order valence-electron chi connectivity index (χ2n) is 4.95. The van der Waals surface area contributed by atoms with Crippen LogP contribution in [0.3, 0.4) is 0 Å². The van der Waals surface area contributed by atoms with E-state index in [0.717, 1.165) is 29.2 Å². The fraction of sp³-hybridized carbons (Fsp3) is 0.294. The van der Waals surface area contributed by atoms with Gasteiger partial charge in [0.25, 0.3) is 0 Å². The van der Waals surface area contributed by atoms with Crippen molar-refractivity contribution in [3.63, 3.8) is 0 Å². The number of halogens is 1. The summed E-state index contributed by atoms with van der Waals surface area (Å²) in [5.74, 6) is 0.848. The molecule has 0 heterocycles. The fourth-order valence-electron chi connectivity index (χ4n) is 1.88. The first-order chi connectivity index (χ1) is 9.63. The Labute approximate surface area is 125 Å². The van der Waals surface area contributed by atoms with E-state index in [2.05, 4.69) is 0 Å². The largest absolute Gasteiger partial charge is 0.489 e. The molecule has 0 aromatic heterocycles. The van der Waals surface area contributed by atoms with Gasteiger partial charge in [0, 0.05) is 5.02 Å². The topological polar surface area (TPSA) is 29.5 Å². The van der Waals surface area contributed by atoms with Gasteiger partial charge in [-0.25, -0.2) is 0 Å². The summed E-state index contributed by atoms with van der Waals surface area (Å²) < 4.78 is 5.72. The second kappa shape index (κ2) is 7.32. The third-order valence-electron chi connectivity index (χ3n) is 3.09. The SMILES string of the molecule is CC(O)CCc1ccc(OCc2ccc(Cl)cc2)cc1. The Bertz CT molecular complexity index is 518. The molecule has 2 aromatic rings. The number of rotatable bonds is 6. The van der Waals surface area contributed by atoms with Gasteiger partial charge in [0.15, 0.2) is 0 Å². The first kappa shape index (κ1) is 14.9. The van der Waals surface area contributed by atoms with Crippen LogP contribution >= 0.6 is 11.6 Å². The molecule has 0 saturated heterocycles. The van der Waals surface area contributed by atoms with E-state index in [1.165, 1.54) is 5.56 Å². The predicted molar refractivity (Wildman–Crippen MR) is 82.2 cm³/mol. The van der Waals surface area contributed by atoms with Crippen LogP contribution < -0.4 is 4.74 Å². The Balaban J connectivity index is 1.85. The Morgan fingerprint density at radius 3 is 2.20 bits per heavy atom. The molecule has 2 nitrogen and oxygen atoms in total. The molecule has 2 aromatic carbocycles. The molecular weight excluding hydrogens is 272 g/mol. The number of aliphatic hydroxyl groups is 1. The molecule has 0 radical (unpaired) electrons. The maximum atomic E-state index is 9.26. The Hall–Kier alpha value is -1.51. The van der Waals surface area contributed by atoms with E-state index in [0.29, 0.717) is 6.61 Å². The predicted octanol–water partition coefficient (Wildman–Crippen LogP) is 4.23. The minimum atomic E-state index is -0.254. The van der Waals surface area contributed by atoms with Crippen LogP contribution in [-0.4, -0.2) is 11.2 Å². The van der Waals surface area contributed by atoms with E-state index in [-0.39, 0.29) is 6.10 Å². The van der Waals surface area contributed by atoms with Crippen molar-refractivity contribution in [3.8, 4) is 5.75 Å². The zero-order valence-electron chi connectivity index (χ0n) is 11.6. The average Bonchev–Trinajstić information content (AvgIpc) is 2.45. The molecule has 3 heteroatoms. The summed E-state index contributed by atoms with van der Waals surface area (Å²) >= 11 is 5.84. The molecule has 0 spiro atoms. The lowest BCUT2D eigenvalue weighted by molar-refractivity contribution is 0.185. The minimum absolute atomic E-state index is 0.254. The van der Waals surface area contributed by atoms with Gasteiger partial charge >= 0.3 is 0 Å². The molecule has 1 N–H and O–H groups in total. The quantitative estimate of drug-likeness (QED) is 0.862. The number of hydrogen-bond acceptors (Lipinski definition) is 2. The van der Waals surface area contributed by atoms with Crippen molar-refractivity contribution >= 4 is 11.6 Å². The zero-order chi connectivity index (χ0) is 14.4. The monoisotopic (exact) mass is 290 g/mol. The highest BCUT2D eigenvalue weighted by Gasteiger charge is 2.00. The molecule has 0 aliphatic carbocycles. The van der Waals surface area contributed by atoms with Crippen LogP contribution in [0.5, 0.6) is 5.75 Å². The molecule has 0 saturated carbocycles. The van der Waals surface area contributed by atoms with Crippen LogP contribution in [0.4, 0.5) is 0 Å². The van der Waals surface area contributed by atoms with Crippen molar-refractivity contribution in [1.29, 1.82) is 0 Å². The molecule has 106 valence electrons. The molecule has 0 aliphatic heterocycles. The Morgan fingerprint density at radius 2 is 1.60 bits per heavy atom. The highest BCUT2D eigenvalue weighted by molar-refractivity contribution is 6.30. The van der Waals surface area contributed by atoms with Gasteiger partial charge in [0.1, 0.15) is 12.4 Å². The van der Waals surface area contributed by atoms with Gasteiger partial charge in [0.2, 0.25) is 0 Å². The van der Waals surface area contributed by atoms with Crippen molar-refractivity contribution in [2.75, 3.05) is 0 Å². The van der Waals surface area contributed by atoms with Crippen LogP contribution in [0.15, 0.2) is 48.5 Å². The summed E-state index contributed by atoms with van der Waals surface area (Å²) in [4.78, 5) is 0. The summed E-state index contributed by atoms with van der Waals surface area (Å²) in [6.45, 7) is 2.34. The number of benzene rings is 2. The molecule has 1 unspecified atom stereocenters. The number of hydrogen-bond donors (Lipinski definition) is 1. The average molecular weight is 291 g/mol. The van der Waals surface area contributed by atoms with E-state index in [4.69, 9.17) is 16.3 Å². The van der Waals surface area contributed by atoms with E-state index in [1.54, 1.807) is 0 Å².